The van der Waals surface area contributed by atoms with Crippen molar-refractivity contribution in [3.63, 3.8) is 0 Å². The number of hydrogen-bond donors (Lipinski definition) is 1. The molecule has 0 unspecified atom stereocenters. The van der Waals surface area contributed by atoms with Crippen molar-refractivity contribution in [2.24, 2.45) is 5.73 Å². The van der Waals surface area contributed by atoms with Crippen LogP contribution in [0, 0.1) is 0 Å². The van der Waals surface area contributed by atoms with Crippen molar-refractivity contribution < 1.29 is 19.0 Å². The predicted molar refractivity (Wildman–Crippen MR) is 75.5 cm³/mol. The molecule has 1 fully saturated rings. The number of hydrogen-bond acceptors (Lipinski definition) is 5. The minimum atomic E-state index is 0.0171. The van der Waals surface area contributed by atoms with Gasteiger partial charge in [0, 0.05) is 24.8 Å². The van der Waals surface area contributed by atoms with E-state index in [9.17, 15) is 4.79 Å². The van der Waals surface area contributed by atoms with Gasteiger partial charge in [0.15, 0.2) is 17.3 Å². The van der Waals surface area contributed by atoms with Gasteiger partial charge in [-0.2, -0.15) is 0 Å². The van der Waals surface area contributed by atoms with Crippen LogP contribution in [0.15, 0.2) is 18.2 Å². The van der Waals surface area contributed by atoms with Crippen LogP contribution < -0.4 is 15.2 Å². The maximum atomic E-state index is 11.8. The topological polar surface area (TPSA) is 70.8 Å². The fourth-order valence-corrected chi connectivity index (χ4v) is 2.19. The van der Waals surface area contributed by atoms with E-state index in [1.807, 2.05) is 0 Å². The monoisotopic (exact) mass is 279 g/mol. The lowest BCUT2D eigenvalue weighted by Gasteiger charge is -2.24. The maximum Gasteiger partial charge on any atom is 0.164 e. The van der Waals surface area contributed by atoms with Crippen molar-refractivity contribution in [2.45, 2.75) is 25.4 Å². The van der Waals surface area contributed by atoms with Crippen molar-refractivity contribution in [3.05, 3.63) is 23.8 Å². The molecule has 1 aromatic carbocycles. The van der Waals surface area contributed by atoms with Gasteiger partial charge in [-0.1, -0.05) is 0 Å². The molecular weight excluding hydrogens is 258 g/mol. The Morgan fingerprint density at radius 2 is 2.10 bits per heavy atom. The smallest absolute Gasteiger partial charge is 0.164 e. The minimum Gasteiger partial charge on any atom is -0.493 e. The Bertz CT molecular complexity index is 455. The van der Waals surface area contributed by atoms with Crippen LogP contribution in [0.1, 0.15) is 29.6 Å². The van der Waals surface area contributed by atoms with E-state index < -0.39 is 0 Å². The van der Waals surface area contributed by atoms with Crippen LogP contribution in [0.5, 0.6) is 11.5 Å². The zero-order valence-corrected chi connectivity index (χ0v) is 11.8. The maximum absolute atomic E-state index is 11.8. The van der Waals surface area contributed by atoms with Gasteiger partial charge in [0.1, 0.15) is 6.10 Å². The van der Waals surface area contributed by atoms with Crippen LogP contribution in [0.3, 0.4) is 0 Å². The zero-order chi connectivity index (χ0) is 14.4. The van der Waals surface area contributed by atoms with Crippen molar-refractivity contribution in [3.8, 4) is 11.5 Å². The van der Waals surface area contributed by atoms with E-state index in [2.05, 4.69) is 0 Å². The molecule has 0 atom stereocenters. The largest absolute Gasteiger partial charge is 0.493 e. The molecule has 1 aliphatic rings. The lowest BCUT2D eigenvalue weighted by molar-refractivity contribution is 0.0245. The number of nitrogens with two attached hydrogens (primary N) is 1. The first-order valence-electron chi connectivity index (χ1n) is 6.90. The summed E-state index contributed by atoms with van der Waals surface area (Å²) in [7, 11) is 1.57. The molecule has 1 aromatic rings. The van der Waals surface area contributed by atoms with Gasteiger partial charge in [-0.3, -0.25) is 4.79 Å². The summed E-state index contributed by atoms with van der Waals surface area (Å²) in [6.45, 7) is 1.79. The number of ketones is 1. The van der Waals surface area contributed by atoms with Crippen LogP contribution in [-0.2, 0) is 4.74 Å². The van der Waals surface area contributed by atoms with Gasteiger partial charge >= 0.3 is 0 Å². The summed E-state index contributed by atoms with van der Waals surface area (Å²) in [5.74, 6) is 1.27. The summed E-state index contributed by atoms with van der Waals surface area (Å²) >= 11 is 0. The van der Waals surface area contributed by atoms with E-state index in [0.29, 0.717) is 30.0 Å². The molecule has 1 aliphatic heterocycles. The number of Topliss-reactive ketones (excluding diaryl/α,β-unsaturated/α-hetero) is 1. The lowest BCUT2D eigenvalue weighted by atomic mass is 10.1. The fourth-order valence-electron chi connectivity index (χ4n) is 2.19. The van der Waals surface area contributed by atoms with Gasteiger partial charge < -0.3 is 19.9 Å². The highest BCUT2D eigenvalue weighted by atomic mass is 16.5. The zero-order valence-electron chi connectivity index (χ0n) is 11.8. The van der Waals surface area contributed by atoms with Crippen LogP contribution in [0.25, 0.3) is 0 Å². The number of ether oxygens (including phenoxy) is 3. The number of benzene rings is 1. The standard InChI is InChI=1S/C15H21NO4/c1-18-15-10-11(13(17)4-7-16)2-3-14(15)20-12-5-8-19-9-6-12/h2-3,10,12H,4-9,16H2,1H3. The molecular formula is C15H21NO4. The second-order valence-electron chi connectivity index (χ2n) is 4.76. The van der Waals surface area contributed by atoms with E-state index in [0.717, 1.165) is 26.1 Å². The molecule has 1 saturated heterocycles. The second kappa shape index (κ2) is 7.26. The number of carbonyl (C=O) groups excluding carboxylic acids is 1. The second-order valence-corrected chi connectivity index (χ2v) is 4.76. The summed E-state index contributed by atoms with van der Waals surface area (Å²) in [4.78, 5) is 11.8. The summed E-state index contributed by atoms with van der Waals surface area (Å²) in [6, 6.07) is 5.26. The average Bonchev–Trinajstić information content (AvgIpc) is 2.49. The third kappa shape index (κ3) is 3.71. The molecule has 110 valence electrons. The van der Waals surface area contributed by atoms with Crippen LogP contribution in [0.2, 0.25) is 0 Å². The molecule has 0 radical (unpaired) electrons. The molecule has 2 N–H and O–H groups in total. The molecule has 0 saturated carbocycles. The van der Waals surface area contributed by atoms with Crippen LogP contribution in [0.4, 0.5) is 0 Å². The summed E-state index contributed by atoms with van der Waals surface area (Å²) < 4.78 is 16.6. The third-order valence-electron chi connectivity index (χ3n) is 3.32. The third-order valence-corrected chi connectivity index (χ3v) is 3.32. The van der Waals surface area contributed by atoms with Crippen LogP contribution in [-0.4, -0.2) is 38.8 Å². The Labute approximate surface area is 119 Å². The molecule has 1 heterocycles. The number of rotatable bonds is 6. The molecule has 0 spiro atoms. The summed E-state index contributed by atoms with van der Waals surface area (Å²) in [6.07, 6.45) is 2.22. The van der Waals surface area contributed by atoms with Gasteiger partial charge in [0.2, 0.25) is 0 Å². The lowest BCUT2D eigenvalue weighted by Crippen LogP contribution is -2.26. The molecule has 0 aliphatic carbocycles. The summed E-state index contributed by atoms with van der Waals surface area (Å²) in [5.41, 5.74) is 6.01. The molecule has 5 nitrogen and oxygen atoms in total. The van der Waals surface area contributed by atoms with E-state index in [4.69, 9.17) is 19.9 Å². The Kier molecular flexibility index (Phi) is 5.38. The molecule has 0 amide bonds. The number of carbonyl (C=O) groups is 1. The first kappa shape index (κ1) is 14.8. The van der Waals surface area contributed by atoms with Gasteiger partial charge in [-0.15, -0.1) is 0 Å². The van der Waals surface area contributed by atoms with E-state index in [1.165, 1.54) is 0 Å². The Balaban J connectivity index is 2.10. The molecule has 2 rings (SSSR count). The first-order valence-corrected chi connectivity index (χ1v) is 6.90. The number of methoxy groups -OCH3 is 1. The van der Waals surface area contributed by atoms with Gasteiger partial charge in [-0.25, -0.2) is 0 Å². The highest BCUT2D eigenvalue weighted by Gasteiger charge is 2.18. The average molecular weight is 279 g/mol. The highest BCUT2D eigenvalue weighted by Crippen LogP contribution is 2.30. The molecule has 0 bridgehead atoms. The quantitative estimate of drug-likeness (QED) is 0.804. The van der Waals surface area contributed by atoms with Crippen molar-refractivity contribution in [2.75, 3.05) is 26.9 Å². The Morgan fingerprint density at radius 1 is 1.35 bits per heavy atom. The van der Waals surface area contributed by atoms with E-state index in [1.54, 1.807) is 25.3 Å². The summed E-state index contributed by atoms with van der Waals surface area (Å²) in [5, 5.41) is 0. The Hall–Kier alpha value is -1.59. The first-order chi connectivity index (χ1) is 9.74. The van der Waals surface area contributed by atoms with Gasteiger partial charge in [0.05, 0.1) is 20.3 Å². The fraction of sp³-hybridized carbons (Fsp3) is 0.533. The Morgan fingerprint density at radius 3 is 2.75 bits per heavy atom. The van der Waals surface area contributed by atoms with Crippen molar-refractivity contribution >= 4 is 5.78 Å². The molecule has 5 heteroatoms. The SMILES string of the molecule is COc1cc(C(=O)CCN)ccc1OC1CCOCC1. The van der Waals surface area contributed by atoms with Crippen molar-refractivity contribution in [1.82, 2.24) is 0 Å². The van der Waals surface area contributed by atoms with Gasteiger partial charge in [-0.05, 0) is 24.7 Å². The van der Waals surface area contributed by atoms with Gasteiger partial charge in [0.25, 0.3) is 0 Å². The minimum absolute atomic E-state index is 0.0171. The van der Waals surface area contributed by atoms with E-state index >= 15 is 0 Å². The molecule has 0 aromatic heterocycles. The van der Waals surface area contributed by atoms with E-state index in [-0.39, 0.29) is 11.9 Å². The van der Waals surface area contributed by atoms with Crippen LogP contribution >= 0.6 is 0 Å². The highest BCUT2D eigenvalue weighted by molar-refractivity contribution is 5.96. The van der Waals surface area contributed by atoms with Crippen molar-refractivity contribution in [1.29, 1.82) is 0 Å². The predicted octanol–water partition coefficient (Wildman–Crippen LogP) is 1.78. The molecule has 20 heavy (non-hydrogen) atoms. The normalized spacial score (nSPS) is 15.9.